The highest BCUT2D eigenvalue weighted by Crippen LogP contribution is 2.28. The lowest BCUT2D eigenvalue weighted by Gasteiger charge is -2.17. The van der Waals surface area contributed by atoms with Crippen LogP contribution in [0.1, 0.15) is 165 Å². The van der Waals surface area contributed by atoms with Crippen molar-refractivity contribution < 1.29 is 30.0 Å². The average Bonchev–Trinajstić information content (AvgIpc) is 3.00. The molecule has 11 heteroatoms. The van der Waals surface area contributed by atoms with E-state index in [1.807, 2.05) is 0 Å². The van der Waals surface area contributed by atoms with Gasteiger partial charge in [-0.25, -0.2) is 21.8 Å². The Bertz CT molecular complexity index is 1060. The third-order valence-corrected chi connectivity index (χ3v) is 9.55. The van der Waals surface area contributed by atoms with Gasteiger partial charge in [0.05, 0.1) is 21.1 Å². The van der Waals surface area contributed by atoms with Crippen LogP contribution in [0.3, 0.4) is 0 Å². The monoisotopic (exact) mass is 742 g/mol. The van der Waals surface area contributed by atoms with Crippen molar-refractivity contribution in [3.63, 3.8) is 0 Å². The number of sulfone groups is 2. The van der Waals surface area contributed by atoms with E-state index in [1.165, 1.54) is 35.6 Å². The molecule has 0 N–H and O–H groups in total. The number of nitrogens with zero attached hydrogens (tertiary/aromatic N) is 1. The second-order valence-electron chi connectivity index (χ2n) is 7.56. The average molecular weight is 742 g/mol. The number of hydrogen-bond donors (Lipinski definition) is 0. The topological polar surface area (TPSA) is 81.2 Å². The number of rotatable bonds is 7. The fraction of sp³-hybridized carbons (Fsp3) is 0.743. The Labute approximate surface area is 298 Å². The first kappa shape index (κ1) is 104. The van der Waals surface area contributed by atoms with E-state index in [2.05, 4.69) is 4.98 Å². The van der Waals surface area contributed by atoms with Gasteiger partial charge in [-0.05, 0) is 39.3 Å². The highest BCUT2D eigenvalue weighted by molar-refractivity contribution is 7.92. The lowest BCUT2D eigenvalue weighted by Crippen LogP contribution is -2.29. The van der Waals surface area contributed by atoms with Crippen LogP contribution in [0.15, 0.2) is 34.5 Å². The summed E-state index contributed by atoms with van der Waals surface area (Å²) in [7, 11) is -7.19. The summed E-state index contributed by atoms with van der Waals surface area (Å²) in [5.74, 6) is -0.774. The maximum atomic E-state index is 12.3. The molecule has 0 saturated carbocycles. The molecule has 0 bridgehead atoms. The Morgan fingerprint density at radius 3 is 1.35 bits per heavy atom. The SMILES string of the molecule is C.C.C.C.C.C.C.C.C.C.C.C.C.C.C.C.C.CC(C)(C)S(=O)(=O)Cc1nc(-c2ccc(S(=O)(=O)CCCC(F)(F)F)cc2)cs1. The van der Waals surface area contributed by atoms with Crippen LogP contribution in [-0.2, 0) is 25.4 Å². The fourth-order valence-corrected chi connectivity index (χ4v) is 5.76. The van der Waals surface area contributed by atoms with Crippen molar-refractivity contribution in [2.45, 2.75) is 181 Å². The van der Waals surface area contributed by atoms with Gasteiger partial charge < -0.3 is 0 Å². The van der Waals surface area contributed by atoms with Crippen molar-refractivity contribution in [3.8, 4) is 11.3 Å². The predicted octanol–water partition coefficient (Wildman–Crippen LogP) is 15.5. The van der Waals surface area contributed by atoms with E-state index in [0.29, 0.717) is 16.3 Å². The zero-order chi connectivity index (χ0) is 22.1. The van der Waals surface area contributed by atoms with Gasteiger partial charge in [0.1, 0.15) is 10.8 Å². The van der Waals surface area contributed by atoms with Gasteiger partial charge in [-0.2, -0.15) is 13.2 Å². The van der Waals surface area contributed by atoms with E-state index in [4.69, 9.17) is 0 Å². The van der Waals surface area contributed by atoms with Crippen LogP contribution in [0.25, 0.3) is 11.3 Å². The first-order valence-corrected chi connectivity index (χ1v) is 12.9. The van der Waals surface area contributed by atoms with Gasteiger partial charge in [0.25, 0.3) is 0 Å². The van der Waals surface area contributed by atoms with Crippen molar-refractivity contribution in [3.05, 3.63) is 34.7 Å². The molecule has 0 fully saturated rings. The Hall–Kier alpha value is -1.46. The molecule has 2 aromatic rings. The van der Waals surface area contributed by atoms with Gasteiger partial charge >= 0.3 is 6.18 Å². The Morgan fingerprint density at radius 1 is 0.652 bits per heavy atom. The molecule has 0 atom stereocenters. The van der Waals surface area contributed by atoms with E-state index in [0.717, 1.165) is 0 Å². The Morgan fingerprint density at radius 2 is 1.02 bits per heavy atom. The van der Waals surface area contributed by atoms with E-state index in [1.54, 1.807) is 26.2 Å². The largest absolute Gasteiger partial charge is 0.389 e. The van der Waals surface area contributed by atoms with Crippen molar-refractivity contribution >= 4 is 31.0 Å². The minimum atomic E-state index is -4.39. The lowest BCUT2D eigenvalue weighted by atomic mass is 10.2. The van der Waals surface area contributed by atoms with E-state index in [-0.39, 0.29) is 137 Å². The summed E-state index contributed by atoms with van der Waals surface area (Å²) in [6.07, 6.45) is -6.03. The molecule has 1 aromatic carbocycles. The van der Waals surface area contributed by atoms with Crippen LogP contribution in [0.2, 0.25) is 0 Å². The predicted molar refractivity (Wildman–Crippen MR) is 222 cm³/mol. The molecule has 0 amide bonds. The second-order valence-corrected chi connectivity index (χ2v) is 13.4. The minimum Gasteiger partial charge on any atom is -0.240 e. The molecule has 0 saturated heterocycles. The highest BCUT2D eigenvalue weighted by atomic mass is 32.2. The number of alkyl halides is 3. The lowest BCUT2D eigenvalue weighted by molar-refractivity contribution is -0.134. The highest BCUT2D eigenvalue weighted by Gasteiger charge is 2.30. The number of benzene rings is 1. The molecule has 1 aromatic heterocycles. The number of aromatic nitrogens is 1. The molecule has 0 unspecified atom stereocenters. The molecule has 0 aliphatic rings. The van der Waals surface area contributed by atoms with Gasteiger partial charge in [-0.1, -0.05) is 138 Å². The number of thiazole rings is 1. The summed E-state index contributed by atoms with van der Waals surface area (Å²) in [6.45, 7) is 4.85. The summed E-state index contributed by atoms with van der Waals surface area (Å²) in [4.78, 5) is 4.25. The molecular formula is C35H90F3NO4S3. The quantitative estimate of drug-likeness (QED) is 0.282. The van der Waals surface area contributed by atoms with E-state index in [9.17, 15) is 30.0 Å². The zero-order valence-electron chi connectivity index (χ0n) is 16.2. The molecule has 5 nitrogen and oxygen atoms in total. The summed E-state index contributed by atoms with van der Waals surface area (Å²) in [5.41, 5.74) is 1.10. The molecule has 0 aliphatic carbocycles. The molecule has 46 heavy (non-hydrogen) atoms. The maximum Gasteiger partial charge on any atom is 0.389 e. The van der Waals surface area contributed by atoms with Crippen LogP contribution >= 0.6 is 11.3 Å². The van der Waals surface area contributed by atoms with Crippen LogP contribution < -0.4 is 0 Å². The summed E-state index contributed by atoms with van der Waals surface area (Å²) in [6, 6.07) is 5.66. The van der Waals surface area contributed by atoms with Gasteiger partial charge in [-0.3, -0.25) is 0 Å². The Kier molecular flexibility index (Phi) is 85.6. The fourth-order valence-electron chi connectivity index (χ4n) is 2.30. The third-order valence-electron chi connectivity index (χ3n) is 4.18. The molecule has 2 rings (SSSR count). The molecular weight excluding hydrogens is 652 g/mol. The maximum absolute atomic E-state index is 12.3. The van der Waals surface area contributed by atoms with E-state index < -0.39 is 49.2 Å². The molecule has 0 radical (unpaired) electrons. The summed E-state index contributed by atoms with van der Waals surface area (Å²) >= 11 is 1.20. The van der Waals surface area contributed by atoms with Crippen LogP contribution in [0.5, 0.6) is 0 Å². The second kappa shape index (κ2) is 38.0. The van der Waals surface area contributed by atoms with Crippen LogP contribution in [0.4, 0.5) is 13.2 Å². The first-order valence-electron chi connectivity index (χ1n) is 8.67. The molecule has 298 valence electrons. The Balaban J connectivity index is -0.0000000378. The smallest absolute Gasteiger partial charge is 0.240 e. The van der Waals surface area contributed by atoms with E-state index >= 15 is 0 Å². The number of halogens is 3. The zero-order valence-corrected chi connectivity index (χ0v) is 18.6. The van der Waals surface area contributed by atoms with Crippen molar-refractivity contribution in [1.29, 1.82) is 0 Å². The minimum absolute atomic E-state index is 0. The molecule has 0 aliphatic heterocycles. The van der Waals surface area contributed by atoms with Crippen molar-refractivity contribution in [2.24, 2.45) is 0 Å². The summed E-state index contributed by atoms with van der Waals surface area (Å²) in [5, 5.41) is 2.11. The van der Waals surface area contributed by atoms with Crippen LogP contribution in [0, 0.1) is 0 Å². The molecule has 1 heterocycles. The van der Waals surface area contributed by atoms with Gasteiger partial charge in [-0.15, -0.1) is 11.3 Å². The standard InChI is InChI=1S/C18H22F3NO4S3.17CH4/c1-17(2,3)29(25,26)12-16-22-15(11-27-16)13-5-7-14(8-6-13)28(23,24)10-4-9-18(19,20)21;;;;;;;;;;;;;;;;;/h5-8,11H,4,9-10,12H2,1-3H3;17*1H4. The van der Waals surface area contributed by atoms with Gasteiger partial charge in [0.15, 0.2) is 19.7 Å². The van der Waals surface area contributed by atoms with Crippen LogP contribution in [-0.4, -0.2) is 38.5 Å². The number of hydrogen-bond acceptors (Lipinski definition) is 6. The van der Waals surface area contributed by atoms with Crippen molar-refractivity contribution in [1.82, 2.24) is 4.98 Å². The summed E-state index contributed by atoms with van der Waals surface area (Å²) < 4.78 is 84.7. The first-order chi connectivity index (χ1) is 13.1. The van der Waals surface area contributed by atoms with Crippen molar-refractivity contribution in [2.75, 3.05) is 5.75 Å². The van der Waals surface area contributed by atoms with Gasteiger partial charge in [0, 0.05) is 17.4 Å². The third kappa shape index (κ3) is 29.9. The van der Waals surface area contributed by atoms with Gasteiger partial charge in [0.2, 0.25) is 0 Å². The normalized spacial score (nSPS) is 8.57. The molecule has 0 spiro atoms.